The maximum atomic E-state index is 12.2. The van der Waals surface area contributed by atoms with Gasteiger partial charge in [0.25, 0.3) is 11.8 Å². The Kier molecular flexibility index (Phi) is 4.04. The van der Waals surface area contributed by atoms with Crippen LogP contribution in [0.25, 0.3) is 0 Å². The molecule has 0 radical (unpaired) electrons. The molecule has 23 heavy (non-hydrogen) atoms. The van der Waals surface area contributed by atoms with E-state index in [1.54, 1.807) is 23.1 Å². The lowest BCUT2D eigenvalue weighted by Gasteiger charge is -2.31. The molecule has 1 aromatic rings. The minimum absolute atomic E-state index is 0.0137. The molecule has 1 unspecified atom stereocenters. The van der Waals surface area contributed by atoms with E-state index >= 15 is 0 Å². The topological polar surface area (TPSA) is 79.0 Å². The van der Waals surface area contributed by atoms with Crippen LogP contribution in [-0.4, -0.2) is 66.9 Å². The third kappa shape index (κ3) is 2.92. The average Bonchev–Trinajstić information content (AvgIpc) is 2.77. The summed E-state index contributed by atoms with van der Waals surface area (Å²) in [6, 6.07) is 4.94. The van der Waals surface area contributed by atoms with Crippen LogP contribution in [0.15, 0.2) is 18.2 Å². The maximum absolute atomic E-state index is 12.2. The van der Waals surface area contributed by atoms with Gasteiger partial charge in [-0.3, -0.25) is 19.3 Å². The highest BCUT2D eigenvalue weighted by atomic mass is 16.5. The molecule has 1 saturated heterocycles. The molecule has 122 valence electrons. The quantitative estimate of drug-likeness (QED) is 0.825. The van der Waals surface area contributed by atoms with Crippen molar-refractivity contribution in [2.75, 3.05) is 38.6 Å². The van der Waals surface area contributed by atoms with E-state index < -0.39 is 0 Å². The Labute approximate surface area is 134 Å². The Morgan fingerprint density at radius 3 is 2.78 bits per heavy atom. The van der Waals surface area contributed by atoms with Crippen molar-refractivity contribution >= 4 is 23.4 Å². The van der Waals surface area contributed by atoms with Crippen LogP contribution in [0.5, 0.6) is 0 Å². The Morgan fingerprint density at radius 1 is 1.30 bits per heavy atom. The fourth-order valence-corrected chi connectivity index (χ4v) is 2.81. The van der Waals surface area contributed by atoms with Crippen molar-refractivity contribution in [2.24, 2.45) is 0 Å². The zero-order valence-electron chi connectivity index (χ0n) is 13.2. The molecule has 2 heterocycles. The molecule has 1 atom stereocenters. The zero-order valence-corrected chi connectivity index (χ0v) is 13.2. The summed E-state index contributed by atoms with van der Waals surface area (Å²) >= 11 is 0. The van der Waals surface area contributed by atoms with Crippen molar-refractivity contribution < 1.29 is 19.1 Å². The Morgan fingerprint density at radius 2 is 2.04 bits per heavy atom. The fourth-order valence-electron chi connectivity index (χ4n) is 2.81. The third-order valence-corrected chi connectivity index (χ3v) is 4.13. The first-order chi connectivity index (χ1) is 11.0. The van der Waals surface area contributed by atoms with E-state index in [1.807, 2.05) is 6.92 Å². The van der Waals surface area contributed by atoms with Gasteiger partial charge in [-0.1, -0.05) is 0 Å². The summed E-state index contributed by atoms with van der Waals surface area (Å²) in [6.07, 6.45) is 0.0480. The molecular formula is C16H19N3O4. The van der Waals surface area contributed by atoms with Gasteiger partial charge in [0.15, 0.2) is 0 Å². The molecule has 1 fully saturated rings. The lowest BCUT2D eigenvalue weighted by molar-refractivity contribution is -0.136. The van der Waals surface area contributed by atoms with Crippen molar-refractivity contribution in [2.45, 2.75) is 13.0 Å². The van der Waals surface area contributed by atoms with Gasteiger partial charge in [-0.25, -0.2) is 0 Å². The van der Waals surface area contributed by atoms with Crippen LogP contribution in [0.4, 0.5) is 5.69 Å². The number of carbonyl (C=O) groups is 3. The van der Waals surface area contributed by atoms with Crippen LogP contribution in [0.2, 0.25) is 0 Å². The van der Waals surface area contributed by atoms with Crippen molar-refractivity contribution in [3.63, 3.8) is 0 Å². The molecular weight excluding hydrogens is 298 g/mol. The van der Waals surface area contributed by atoms with Gasteiger partial charge in [-0.2, -0.15) is 0 Å². The number of rotatable bonds is 3. The van der Waals surface area contributed by atoms with Gasteiger partial charge in [-0.05, 0) is 25.1 Å². The first kappa shape index (κ1) is 15.5. The number of imide groups is 1. The molecule has 7 nitrogen and oxygen atoms in total. The number of hydrogen-bond acceptors (Lipinski definition) is 5. The van der Waals surface area contributed by atoms with Crippen molar-refractivity contribution in [1.82, 2.24) is 9.80 Å². The molecule has 0 saturated carbocycles. The molecule has 1 N–H and O–H groups in total. The highest BCUT2D eigenvalue weighted by molar-refractivity contribution is 6.21. The number of anilines is 1. The van der Waals surface area contributed by atoms with Gasteiger partial charge >= 0.3 is 0 Å². The molecule has 0 spiro atoms. The van der Waals surface area contributed by atoms with Crippen molar-refractivity contribution in [3.05, 3.63) is 29.3 Å². The van der Waals surface area contributed by atoms with E-state index in [0.29, 0.717) is 36.5 Å². The molecule has 1 aromatic carbocycles. The predicted molar refractivity (Wildman–Crippen MR) is 83.3 cm³/mol. The lowest BCUT2D eigenvalue weighted by atomic mass is 10.1. The van der Waals surface area contributed by atoms with E-state index in [1.165, 1.54) is 7.05 Å². The molecule has 2 aliphatic rings. The summed E-state index contributed by atoms with van der Waals surface area (Å²) in [5.74, 6) is -0.628. The Bertz CT molecular complexity index is 673. The Hall–Kier alpha value is -2.41. The number of carbonyl (C=O) groups excluding carboxylic acids is 3. The number of ether oxygens (including phenoxy) is 1. The number of fused-ring (bicyclic) bond motifs is 1. The van der Waals surface area contributed by atoms with E-state index in [2.05, 4.69) is 5.32 Å². The van der Waals surface area contributed by atoms with E-state index in [9.17, 15) is 14.4 Å². The van der Waals surface area contributed by atoms with Crippen LogP contribution in [-0.2, 0) is 9.53 Å². The number of hydrogen-bond donors (Lipinski definition) is 1. The normalized spacial score (nSPS) is 20.7. The third-order valence-electron chi connectivity index (χ3n) is 4.13. The fraction of sp³-hybridized carbons (Fsp3) is 0.438. The van der Waals surface area contributed by atoms with Crippen molar-refractivity contribution in [3.8, 4) is 0 Å². The second-order valence-electron chi connectivity index (χ2n) is 5.80. The van der Waals surface area contributed by atoms with Crippen LogP contribution >= 0.6 is 0 Å². The highest BCUT2D eigenvalue weighted by Gasteiger charge is 2.32. The first-order valence-electron chi connectivity index (χ1n) is 7.57. The standard InChI is InChI=1S/C16H19N3O4/c1-10-9-19(5-6-23-10)14(20)8-17-11-3-4-12-13(7-11)16(22)18(2)15(12)21/h3-4,7,10,17H,5-6,8-9H2,1-2H3. The first-order valence-corrected chi connectivity index (χ1v) is 7.57. The monoisotopic (exact) mass is 317 g/mol. The summed E-state index contributed by atoms with van der Waals surface area (Å²) in [6.45, 7) is 3.81. The molecule has 0 aromatic heterocycles. The number of nitrogens with zero attached hydrogens (tertiary/aromatic N) is 2. The van der Waals surface area contributed by atoms with Gasteiger partial charge in [0, 0.05) is 25.8 Å². The largest absolute Gasteiger partial charge is 0.376 e. The van der Waals surface area contributed by atoms with E-state index in [4.69, 9.17) is 4.74 Å². The van der Waals surface area contributed by atoms with Crippen LogP contribution in [0.3, 0.4) is 0 Å². The SMILES string of the molecule is CC1CN(C(=O)CNc2ccc3c(c2)C(=O)N(C)C3=O)CCO1. The van der Waals surface area contributed by atoms with Crippen molar-refractivity contribution in [1.29, 1.82) is 0 Å². The molecule has 3 rings (SSSR count). The number of benzene rings is 1. The molecule has 2 aliphatic heterocycles. The van der Waals surface area contributed by atoms with Gasteiger partial charge in [0.1, 0.15) is 0 Å². The van der Waals surface area contributed by atoms with E-state index in [-0.39, 0.29) is 30.4 Å². The highest BCUT2D eigenvalue weighted by Crippen LogP contribution is 2.24. The van der Waals surface area contributed by atoms with Gasteiger partial charge < -0.3 is 15.0 Å². The van der Waals surface area contributed by atoms with Gasteiger partial charge in [0.05, 0.1) is 30.4 Å². The molecule has 3 amide bonds. The summed E-state index contributed by atoms with van der Waals surface area (Å²) in [5, 5.41) is 3.02. The summed E-state index contributed by atoms with van der Waals surface area (Å²) < 4.78 is 5.41. The molecule has 0 aliphatic carbocycles. The number of nitrogens with one attached hydrogen (secondary N) is 1. The summed E-state index contributed by atoms with van der Waals surface area (Å²) in [7, 11) is 1.46. The second-order valence-corrected chi connectivity index (χ2v) is 5.80. The minimum Gasteiger partial charge on any atom is -0.376 e. The molecule has 0 bridgehead atoms. The smallest absolute Gasteiger partial charge is 0.261 e. The average molecular weight is 317 g/mol. The maximum Gasteiger partial charge on any atom is 0.261 e. The zero-order chi connectivity index (χ0) is 16.6. The second kappa shape index (κ2) is 6.00. The minimum atomic E-state index is -0.318. The predicted octanol–water partition coefficient (Wildman–Crippen LogP) is 0.572. The lowest BCUT2D eigenvalue weighted by Crippen LogP contribution is -2.46. The van der Waals surface area contributed by atoms with Gasteiger partial charge in [0.2, 0.25) is 5.91 Å². The van der Waals surface area contributed by atoms with E-state index in [0.717, 1.165) is 4.90 Å². The van der Waals surface area contributed by atoms with Gasteiger partial charge in [-0.15, -0.1) is 0 Å². The Balaban J connectivity index is 1.65. The van der Waals surface area contributed by atoms with Crippen LogP contribution in [0.1, 0.15) is 27.6 Å². The molecule has 7 heteroatoms. The number of morpholine rings is 1. The summed E-state index contributed by atoms with van der Waals surface area (Å²) in [5.41, 5.74) is 1.42. The van der Waals surface area contributed by atoms with Crippen LogP contribution in [0, 0.1) is 0 Å². The number of amides is 3. The summed E-state index contributed by atoms with van der Waals surface area (Å²) in [4.78, 5) is 38.9. The van der Waals surface area contributed by atoms with Crippen LogP contribution < -0.4 is 5.32 Å².